The molecule has 0 unspecified atom stereocenters. The van der Waals surface area contributed by atoms with Gasteiger partial charge in [-0.3, -0.25) is 14.4 Å². The molecule has 1 aromatic rings. The van der Waals surface area contributed by atoms with Crippen molar-refractivity contribution < 1.29 is 23.9 Å². The molecule has 0 bridgehead atoms. The SMILES string of the molecule is COC(=O)[C@H]1C(=O)OC(C)(C)[C@@H]1[C@H](C)C(=O)c1ccc(C)cc1. The summed E-state index contributed by atoms with van der Waals surface area (Å²) >= 11 is 0. The zero-order valence-corrected chi connectivity index (χ0v) is 14.1. The van der Waals surface area contributed by atoms with Gasteiger partial charge in [0.1, 0.15) is 5.60 Å². The van der Waals surface area contributed by atoms with Crippen molar-refractivity contribution in [3.05, 3.63) is 35.4 Å². The Morgan fingerprint density at radius 3 is 2.30 bits per heavy atom. The molecule has 1 aromatic carbocycles. The number of esters is 2. The third kappa shape index (κ3) is 3.14. The molecule has 0 saturated carbocycles. The molecule has 0 spiro atoms. The first-order valence-corrected chi connectivity index (χ1v) is 7.60. The largest absolute Gasteiger partial charge is 0.468 e. The van der Waals surface area contributed by atoms with Gasteiger partial charge in [0.05, 0.1) is 7.11 Å². The quantitative estimate of drug-likeness (QED) is 0.485. The number of cyclic esters (lactones) is 1. The summed E-state index contributed by atoms with van der Waals surface area (Å²) in [6, 6.07) is 7.23. The summed E-state index contributed by atoms with van der Waals surface area (Å²) in [6.07, 6.45) is 0. The molecule has 0 aliphatic carbocycles. The van der Waals surface area contributed by atoms with Crippen molar-refractivity contribution in [2.75, 3.05) is 7.11 Å². The molecule has 0 N–H and O–H groups in total. The van der Waals surface area contributed by atoms with Gasteiger partial charge in [0, 0.05) is 17.4 Å². The van der Waals surface area contributed by atoms with Crippen LogP contribution in [-0.2, 0) is 19.1 Å². The molecule has 5 heteroatoms. The maximum Gasteiger partial charge on any atom is 0.321 e. The first-order chi connectivity index (χ1) is 10.7. The molecule has 124 valence electrons. The normalized spacial score (nSPS) is 24.0. The standard InChI is InChI=1S/C18H22O5/c1-10-6-8-12(9-7-10)15(19)11(2)14-13(16(20)22-5)17(21)23-18(14,3)4/h6-9,11,13-14H,1-5H3/t11-,13-,14+/m0/s1. The smallest absolute Gasteiger partial charge is 0.321 e. The highest BCUT2D eigenvalue weighted by molar-refractivity contribution is 6.01. The average Bonchev–Trinajstić information content (AvgIpc) is 2.74. The van der Waals surface area contributed by atoms with Crippen LogP contribution >= 0.6 is 0 Å². The third-order valence-electron chi connectivity index (χ3n) is 4.52. The highest BCUT2D eigenvalue weighted by Crippen LogP contribution is 2.43. The summed E-state index contributed by atoms with van der Waals surface area (Å²) in [5, 5.41) is 0. The number of ether oxygens (including phenoxy) is 2. The van der Waals surface area contributed by atoms with E-state index in [0.29, 0.717) is 5.56 Å². The lowest BCUT2D eigenvalue weighted by Gasteiger charge is -2.30. The molecule has 0 radical (unpaired) electrons. The van der Waals surface area contributed by atoms with Crippen LogP contribution in [0, 0.1) is 24.7 Å². The van der Waals surface area contributed by atoms with Crippen molar-refractivity contribution in [1.82, 2.24) is 0 Å². The second-order valence-corrected chi connectivity index (χ2v) is 6.57. The second kappa shape index (κ2) is 6.14. The topological polar surface area (TPSA) is 69.7 Å². The third-order valence-corrected chi connectivity index (χ3v) is 4.52. The lowest BCUT2D eigenvalue weighted by Crippen LogP contribution is -2.41. The van der Waals surface area contributed by atoms with Gasteiger partial charge in [0.15, 0.2) is 11.7 Å². The minimum absolute atomic E-state index is 0.115. The van der Waals surface area contributed by atoms with Gasteiger partial charge in [-0.2, -0.15) is 0 Å². The number of Topliss-reactive ketones (excluding diaryl/α,β-unsaturated/α-hetero) is 1. The summed E-state index contributed by atoms with van der Waals surface area (Å²) in [5.74, 6) is -3.60. The second-order valence-electron chi connectivity index (χ2n) is 6.57. The van der Waals surface area contributed by atoms with Crippen LogP contribution in [0.4, 0.5) is 0 Å². The lowest BCUT2D eigenvalue weighted by atomic mass is 9.72. The van der Waals surface area contributed by atoms with Crippen LogP contribution in [0.2, 0.25) is 0 Å². The van der Waals surface area contributed by atoms with Crippen LogP contribution < -0.4 is 0 Å². The van der Waals surface area contributed by atoms with Gasteiger partial charge >= 0.3 is 11.9 Å². The molecule has 1 saturated heterocycles. The van der Waals surface area contributed by atoms with Crippen molar-refractivity contribution in [3.8, 4) is 0 Å². The molecule has 3 atom stereocenters. The van der Waals surface area contributed by atoms with E-state index < -0.39 is 35.3 Å². The van der Waals surface area contributed by atoms with Gasteiger partial charge in [-0.1, -0.05) is 36.8 Å². The van der Waals surface area contributed by atoms with Gasteiger partial charge in [-0.05, 0) is 20.8 Å². The van der Waals surface area contributed by atoms with E-state index in [1.54, 1.807) is 32.9 Å². The van der Waals surface area contributed by atoms with Crippen molar-refractivity contribution in [2.24, 2.45) is 17.8 Å². The van der Waals surface area contributed by atoms with Crippen LogP contribution in [0.5, 0.6) is 0 Å². The molecule has 1 heterocycles. The Labute approximate surface area is 136 Å². The molecular weight excluding hydrogens is 296 g/mol. The van der Waals surface area contributed by atoms with Crippen LogP contribution in [-0.4, -0.2) is 30.4 Å². The van der Waals surface area contributed by atoms with E-state index in [9.17, 15) is 14.4 Å². The number of hydrogen-bond donors (Lipinski definition) is 0. The first kappa shape index (κ1) is 17.2. The Kier molecular flexibility index (Phi) is 4.59. The molecule has 0 aromatic heterocycles. The van der Waals surface area contributed by atoms with Crippen molar-refractivity contribution in [1.29, 1.82) is 0 Å². The van der Waals surface area contributed by atoms with Gasteiger partial charge in [-0.25, -0.2) is 0 Å². The Morgan fingerprint density at radius 2 is 1.78 bits per heavy atom. The van der Waals surface area contributed by atoms with E-state index in [-0.39, 0.29) is 5.78 Å². The Morgan fingerprint density at radius 1 is 1.22 bits per heavy atom. The van der Waals surface area contributed by atoms with Gasteiger partial charge < -0.3 is 9.47 Å². The zero-order chi connectivity index (χ0) is 17.4. The number of benzene rings is 1. The van der Waals surface area contributed by atoms with E-state index in [2.05, 4.69) is 0 Å². The van der Waals surface area contributed by atoms with Gasteiger partial charge in [0.25, 0.3) is 0 Å². The summed E-state index contributed by atoms with van der Waals surface area (Å²) in [7, 11) is 1.23. The summed E-state index contributed by atoms with van der Waals surface area (Å²) in [5.41, 5.74) is 0.707. The minimum atomic E-state index is -1.07. The van der Waals surface area contributed by atoms with E-state index in [4.69, 9.17) is 9.47 Å². The maximum atomic E-state index is 12.8. The van der Waals surface area contributed by atoms with Crippen LogP contribution in [0.1, 0.15) is 36.7 Å². The molecule has 5 nitrogen and oxygen atoms in total. The van der Waals surface area contributed by atoms with Crippen LogP contribution in [0.25, 0.3) is 0 Å². The van der Waals surface area contributed by atoms with Gasteiger partial charge in [-0.15, -0.1) is 0 Å². The molecule has 1 fully saturated rings. The number of rotatable bonds is 4. The van der Waals surface area contributed by atoms with Crippen molar-refractivity contribution in [3.63, 3.8) is 0 Å². The highest BCUT2D eigenvalue weighted by Gasteiger charge is 2.57. The maximum absolute atomic E-state index is 12.8. The summed E-state index contributed by atoms with van der Waals surface area (Å²) < 4.78 is 10.1. The predicted octanol–water partition coefficient (Wildman–Crippen LogP) is 2.55. The number of aryl methyl sites for hydroxylation is 1. The van der Waals surface area contributed by atoms with E-state index in [1.165, 1.54) is 7.11 Å². The van der Waals surface area contributed by atoms with E-state index in [1.807, 2.05) is 19.1 Å². The molecule has 0 amide bonds. The molecule has 23 heavy (non-hydrogen) atoms. The van der Waals surface area contributed by atoms with Gasteiger partial charge in [0.2, 0.25) is 0 Å². The fourth-order valence-electron chi connectivity index (χ4n) is 3.34. The van der Waals surface area contributed by atoms with Crippen molar-refractivity contribution >= 4 is 17.7 Å². The van der Waals surface area contributed by atoms with E-state index >= 15 is 0 Å². The average molecular weight is 318 g/mol. The first-order valence-electron chi connectivity index (χ1n) is 7.60. The van der Waals surface area contributed by atoms with Crippen molar-refractivity contribution in [2.45, 2.75) is 33.3 Å². The summed E-state index contributed by atoms with van der Waals surface area (Å²) in [4.78, 5) is 36.8. The minimum Gasteiger partial charge on any atom is -0.468 e. The van der Waals surface area contributed by atoms with Crippen LogP contribution in [0.15, 0.2) is 24.3 Å². The molecular formula is C18H22O5. The summed E-state index contributed by atoms with van der Waals surface area (Å²) in [6.45, 7) is 7.11. The number of hydrogen-bond acceptors (Lipinski definition) is 5. The van der Waals surface area contributed by atoms with Crippen LogP contribution in [0.3, 0.4) is 0 Å². The zero-order valence-electron chi connectivity index (χ0n) is 14.1. The fourth-order valence-corrected chi connectivity index (χ4v) is 3.34. The Balaban J connectivity index is 2.35. The molecule has 2 rings (SSSR count). The number of ketones is 1. The number of methoxy groups -OCH3 is 1. The Hall–Kier alpha value is -2.17. The fraction of sp³-hybridized carbons (Fsp3) is 0.500. The monoisotopic (exact) mass is 318 g/mol. The number of carbonyl (C=O) groups is 3. The molecule has 1 aliphatic heterocycles. The Bertz CT molecular complexity index is 629. The van der Waals surface area contributed by atoms with E-state index in [0.717, 1.165) is 5.56 Å². The molecule has 1 aliphatic rings. The highest BCUT2D eigenvalue weighted by atomic mass is 16.6. The number of carbonyl (C=O) groups excluding carboxylic acids is 3. The predicted molar refractivity (Wildman–Crippen MR) is 83.8 cm³/mol. The lowest BCUT2D eigenvalue weighted by molar-refractivity contribution is -0.156.